The Balaban J connectivity index is 1.51. The van der Waals surface area contributed by atoms with E-state index in [1.54, 1.807) is 25.6 Å². The second-order valence-electron chi connectivity index (χ2n) is 9.43. The fourth-order valence-electron chi connectivity index (χ4n) is 4.86. The van der Waals surface area contributed by atoms with Crippen LogP contribution in [0.3, 0.4) is 0 Å². The molecule has 1 amide bonds. The van der Waals surface area contributed by atoms with Gasteiger partial charge in [-0.25, -0.2) is 4.98 Å². The number of methoxy groups -OCH3 is 2. The van der Waals surface area contributed by atoms with E-state index in [2.05, 4.69) is 42.6 Å². The Labute approximate surface area is 221 Å². The SMILES string of the molecule is COc1ccc(OC)c(CC(=O)N(Cc2cc3ccc(C)cc3nc2-c2cccs2)CC2CCCO2)c1. The van der Waals surface area contributed by atoms with Crippen LogP contribution in [0.5, 0.6) is 11.5 Å². The minimum Gasteiger partial charge on any atom is -0.497 e. The number of thiophene rings is 1. The standard InChI is InChI=1S/C30H32N2O4S/c1-20-8-9-21-15-23(30(31-26(21)14-20)28-7-5-13-37-28)18-32(19-25-6-4-12-36-25)29(33)17-22-16-24(34-2)10-11-27(22)35-3/h5,7-11,13-16,25H,4,6,12,17-19H2,1-3H3. The molecule has 6 nitrogen and oxygen atoms in total. The maximum absolute atomic E-state index is 13.8. The van der Waals surface area contributed by atoms with Crippen molar-refractivity contribution in [2.45, 2.75) is 38.8 Å². The summed E-state index contributed by atoms with van der Waals surface area (Å²) in [7, 11) is 3.24. The minimum atomic E-state index is 0.0168. The molecule has 37 heavy (non-hydrogen) atoms. The molecule has 0 bridgehead atoms. The van der Waals surface area contributed by atoms with E-state index in [1.165, 1.54) is 5.56 Å². The number of carbonyl (C=O) groups excluding carboxylic acids is 1. The molecule has 0 spiro atoms. The lowest BCUT2D eigenvalue weighted by atomic mass is 10.0. The van der Waals surface area contributed by atoms with Gasteiger partial charge in [-0.3, -0.25) is 4.79 Å². The van der Waals surface area contributed by atoms with E-state index in [1.807, 2.05) is 29.2 Å². The van der Waals surface area contributed by atoms with E-state index >= 15 is 0 Å². The van der Waals surface area contributed by atoms with Gasteiger partial charge in [0, 0.05) is 30.6 Å². The van der Waals surface area contributed by atoms with Crippen LogP contribution in [0.2, 0.25) is 0 Å². The van der Waals surface area contributed by atoms with Crippen molar-refractivity contribution in [3.05, 3.63) is 76.7 Å². The number of amides is 1. The summed E-state index contributed by atoms with van der Waals surface area (Å²) in [6.07, 6.45) is 2.23. The number of aromatic nitrogens is 1. The van der Waals surface area contributed by atoms with Crippen LogP contribution in [0.25, 0.3) is 21.5 Å². The number of aryl methyl sites for hydroxylation is 1. The van der Waals surface area contributed by atoms with Crippen LogP contribution in [0, 0.1) is 6.92 Å². The molecule has 2 aromatic heterocycles. The Morgan fingerprint density at radius 3 is 2.73 bits per heavy atom. The zero-order valence-electron chi connectivity index (χ0n) is 21.5. The topological polar surface area (TPSA) is 60.9 Å². The quantitative estimate of drug-likeness (QED) is 0.271. The maximum atomic E-state index is 13.8. The number of nitrogens with zero attached hydrogens (tertiary/aromatic N) is 2. The third-order valence-electron chi connectivity index (χ3n) is 6.80. The zero-order valence-corrected chi connectivity index (χ0v) is 22.3. The molecule has 2 aromatic carbocycles. The molecule has 7 heteroatoms. The number of benzene rings is 2. The molecule has 1 atom stereocenters. The molecule has 0 saturated carbocycles. The highest BCUT2D eigenvalue weighted by atomic mass is 32.1. The molecule has 4 aromatic rings. The number of pyridine rings is 1. The van der Waals surface area contributed by atoms with Gasteiger partial charge in [0.1, 0.15) is 11.5 Å². The molecule has 5 rings (SSSR count). The third-order valence-corrected chi connectivity index (χ3v) is 7.67. The number of hydrogen-bond donors (Lipinski definition) is 0. The van der Waals surface area contributed by atoms with Crippen molar-refractivity contribution in [3.63, 3.8) is 0 Å². The minimum absolute atomic E-state index is 0.0168. The van der Waals surface area contributed by atoms with Crippen LogP contribution in [-0.4, -0.2) is 49.3 Å². The first kappa shape index (κ1) is 25.2. The van der Waals surface area contributed by atoms with Crippen LogP contribution in [0.4, 0.5) is 0 Å². The van der Waals surface area contributed by atoms with Gasteiger partial charge in [0.25, 0.3) is 0 Å². The van der Waals surface area contributed by atoms with Crippen LogP contribution >= 0.6 is 11.3 Å². The van der Waals surface area contributed by atoms with Crippen LogP contribution in [0.1, 0.15) is 29.5 Å². The highest BCUT2D eigenvalue weighted by Crippen LogP contribution is 2.31. The zero-order chi connectivity index (χ0) is 25.8. The second kappa shape index (κ2) is 11.3. The summed E-state index contributed by atoms with van der Waals surface area (Å²) in [5.41, 5.74) is 4.90. The molecule has 0 aliphatic carbocycles. The fourth-order valence-corrected chi connectivity index (χ4v) is 5.61. The summed E-state index contributed by atoms with van der Waals surface area (Å²) in [4.78, 5) is 21.9. The Bertz CT molecular complexity index is 1380. The van der Waals surface area contributed by atoms with Crippen LogP contribution < -0.4 is 9.47 Å². The predicted octanol–water partition coefficient (Wildman–Crippen LogP) is 6.04. The number of ether oxygens (including phenoxy) is 3. The third kappa shape index (κ3) is 5.78. The van der Waals surface area contributed by atoms with E-state index in [-0.39, 0.29) is 18.4 Å². The molecule has 1 aliphatic rings. The van der Waals surface area contributed by atoms with E-state index in [4.69, 9.17) is 19.2 Å². The summed E-state index contributed by atoms with van der Waals surface area (Å²) < 4.78 is 16.9. The van der Waals surface area contributed by atoms with Gasteiger partial charge in [0.2, 0.25) is 5.91 Å². The second-order valence-corrected chi connectivity index (χ2v) is 10.4. The molecule has 1 aliphatic heterocycles. The lowest BCUT2D eigenvalue weighted by molar-refractivity contribution is -0.132. The van der Waals surface area contributed by atoms with E-state index < -0.39 is 0 Å². The smallest absolute Gasteiger partial charge is 0.227 e. The van der Waals surface area contributed by atoms with Crippen molar-refractivity contribution in [2.75, 3.05) is 27.4 Å². The van der Waals surface area contributed by atoms with Gasteiger partial charge in [-0.15, -0.1) is 11.3 Å². The van der Waals surface area contributed by atoms with Crippen LogP contribution in [0.15, 0.2) is 60.0 Å². The van der Waals surface area contributed by atoms with E-state index in [0.29, 0.717) is 24.6 Å². The Hall–Kier alpha value is -3.42. The fraction of sp³-hybridized carbons (Fsp3) is 0.333. The lowest BCUT2D eigenvalue weighted by Gasteiger charge is -2.27. The van der Waals surface area contributed by atoms with Crippen molar-refractivity contribution in [1.82, 2.24) is 9.88 Å². The Kier molecular flexibility index (Phi) is 7.72. The predicted molar refractivity (Wildman–Crippen MR) is 147 cm³/mol. The molecule has 192 valence electrons. The van der Waals surface area contributed by atoms with Crippen molar-refractivity contribution < 1.29 is 19.0 Å². The van der Waals surface area contributed by atoms with Crippen molar-refractivity contribution >= 4 is 28.1 Å². The van der Waals surface area contributed by atoms with Crippen molar-refractivity contribution in [1.29, 1.82) is 0 Å². The van der Waals surface area contributed by atoms with Crippen molar-refractivity contribution in [2.24, 2.45) is 0 Å². The van der Waals surface area contributed by atoms with Gasteiger partial charge in [0.15, 0.2) is 0 Å². The van der Waals surface area contributed by atoms with Gasteiger partial charge < -0.3 is 19.1 Å². The normalized spacial score (nSPS) is 15.2. The average molecular weight is 517 g/mol. The summed E-state index contributed by atoms with van der Waals surface area (Å²) in [6, 6.07) is 18.2. The molecular weight excluding hydrogens is 484 g/mol. The molecule has 1 unspecified atom stereocenters. The lowest BCUT2D eigenvalue weighted by Crippen LogP contribution is -2.38. The molecular formula is C30H32N2O4S. The molecule has 0 radical (unpaired) electrons. The number of fused-ring (bicyclic) bond motifs is 1. The summed E-state index contributed by atoms with van der Waals surface area (Å²) >= 11 is 1.66. The summed E-state index contributed by atoms with van der Waals surface area (Å²) in [5, 5.41) is 3.13. The largest absolute Gasteiger partial charge is 0.497 e. The molecule has 0 N–H and O–H groups in total. The average Bonchev–Trinajstić information content (AvgIpc) is 3.63. The highest BCUT2D eigenvalue weighted by molar-refractivity contribution is 7.13. The Morgan fingerprint density at radius 2 is 2.00 bits per heavy atom. The van der Waals surface area contributed by atoms with Gasteiger partial charge >= 0.3 is 0 Å². The maximum Gasteiger partial charge on any atom is 0.227 e. The molecule has 1 saturated heterocycles. The number of carbonyl (C=O) groups is 1. The Morgan fingerprint density at radius 1 is 1.11 bits per heavy atom. The molecule has 1 fully saturated rings. The van der Waals surface area contributed by atoms with Crippen LogP contribution in [-0.2, 0) is 22.5 Å². The first-order valence-electron chi connectivity index (χ1n) is 12.6. The van der Waals surface area contributed by atoms with Gasteiger partial charge in [-0.1, -0.05) is 18.2 Å². The monoisotopic (exact) mass is 516 g/mol. The summed E-state index contributed by atoms with van der Waals surface area (Å²) in [6.45, 7) is 3.82. The highest BCUT2D eigenvalue weighted by Gasteiger charge is 2.25. The first-order valence-corrected chi connectivity index (χ1v) is 13.5. The number of hydrogen-bond acceptors (Lipinski definition) is 6. The molecule has 3 heterocycles. The van der Waals surface area contributed by atoms with Gasteiger partial charge in [0.05, 0.1) is 42.8 Å². The van der Waals surface area contributed by atoms with Gasteiger partial charge in [-0.05, 0) is 72.7 Å². The number of rotatable bonds is 9. The van der Waals surface area contributed by atoms with E-state index in [0.717, 1.165) is 52.0 Å². The summed E-state index contributed by atoms with van der Waals surface area (Å²) in [5.74, 6) is 1.39. The van der Waals surface area contributed by atoms with Gasteiger partial charge in [-0.2, -0.15) is 0 Å². The van der Waals surface area contributed by atoms with Crippen molar-refractivity contribution in [3.8, 4) is 22.1 Å². The first-order chi connectivity index (χ1) is 18.0. The van der Waals surface area contributed by atoms with E-state index in [9.17, 15) is 4.79 Å².